The summed E-state index contributed by atoms with van der Waals surface area (Å²) in [4.78, 5) is 0. The van der Waals surface area contributed by atoms with Crippen molar-refractivity contribution in [3.8, 4) is 29.0 Å². The normalized spacial score (nSPS) is 18.4. The van der Waals surface area contributed by atoms with Gasteiger partial charge >= 0.3 is 0 Å². The van der Waals surface area contributed by atoms with E-state index in [1.165, 1.54) is 25.0 Å². The van der Waals surface area contributed by atoms with Crippen molar-refractivity contribution in [2.75, 3.05) is 0 Å². The molecule has 0 amide bonds. The van der Waals surface area contributed by atoms with Crippen LogP contribution in [0.1, 0.15) is 42.7 Å². The highest BCUT2D eigenvalue weighted by Gasteiger charge is 2.35. The molecule has 0 bridgehead atoms. The maximum Gasteiger partial charge on any atom is 0.244 e. The fourth-order valence-corrected chi connectivity index (χ4v) is 4.35. The number of H-pyrrole nitrogens is 1. The summed E-state index contributed by atoms with van der Waals surface area (Å²) in [6, 6.07) is 16.0. The lowest BCUT2D eigenvalue weighted by atomic mass is 9.83. The molecule has 6 nitrogen and oxygen atoms in total. The average Bonchev–Trinajstić information content (AvgIpc) is 3.44. The molecule has 1 fully saturated rings. The monoisotopic (exact) mass is 416 g/mol. The molecule has 3 aromatic rings. The summed E-state index contributed by atoms with van der Waals surface area (Å²) in [6.07, 6.45) is 4.84. The lowest BCUT2D eigenvalue weighted by Crippen LogP contribution is -2.21. The number of allylic oxidation sites excluding steroid dienone is 1. The van der Waals surface area contributed by atoms with Gasteiger partial charge in [0.25, 0.3) is 0 Å². The number of ether oxygens (including phenoxy) is 2. The van der Waals surface area contributed by atoms with Crippen molar-refractivity contribution in [3.05, 3.63) is 76.9 Å². The first kappa shape index (κ1) is 19.2. The number of hydrogen-bond acceptors (Lipinski definition) is 5. The minimum atomic E-state index is -0.465. The van der Waals surface area contributed by atoms with Crippen molar-refractivity contribution in [1.82, 2.24) is 10.2 Å². The van der Waals surface area contributed by atoms with Gasteiger partial charge in [0.05, 0.1) is 23.3 Å². The van der Waals surface area contributed by atoms with Gasteiger partial charge in [0.1, 0.15) is 23.2 Å². The Labute approximate surface area is 179 Å². The molecule has 2 aliphatic rings. The third-order valence-corrected chi connectivity index (χ3v) is 5.89. The van der Waals surface area contributed by atoms with Crippen LogP contribution in [0.3, 0.4) is 0 Å². The number of nitrogens with zero attached hydrogens (tertiary/aromatic N) is 2. The molecule has 156 valence electrons. The number of nitriles is 1. The largest absolute Gasteiger partial charge is 0.490 e. The highest BCUT2D eigenvalue weighted by atomic mass is 19.1. The van der Waals surface area contributed by atoms with Crippen molar-refractivity contribution in [1.29, 1.82) is 5.26 Å². The molecule has 3 N–H and O–H groups in total. The van der Waals surface area contributed by atoms with Crippen molar-refractivity contribution >= 4 is 0 Å². The summed E-state index contributed by atoms with van der Waals surface area (Å²) in [5, 5.41) is 17.0. The van der Waals surface area contributed by atoms with Gasteiger partial charge in [0.2, 0.25) is 11.8 Å². The lowest BCUT2D eigenvalue weighted by Gasteiger charge is -2.24. The zero-order valence-corrected chi connectivity index (χ0v) is 16.8. The number of halogens is 1. The highest BCUT2D eigenvalue weighted by Crippen LogP contribution is 2.45. The second-order valence-electron chi connectivity index (χ2n) is 7.84. The fourth-order valence-electron chi connectivity index (χ4n) is 4.35. The number of nitrogens with one attached hydrogen (secondary N) is 1. The Kier molecular flexibility index (Phi) is 4.83. The summed E-state index contributed by atoms with van der Waals surface area (Å²) in [5.74, 6) is 0.359. The number of fused-ring (bicyclic) bond motifs is 1. The van der Waals surface area contributed by atoms with Gasteiger partial charge in [-0.1, -0.05) is 12.1 Å². The van der Waals surface area contributed by atoms with Gasteiger partial charge in [-0.15, -0.1) is 5.10 Å². The van der Waals surface area contributed by atoms with Crippen LogP contribution in [0, 0.1) is 17.1 Å². The molecule has 0 spiro atoms. The first-order chi connectivity index (χ1) is 15.1. The van der Waals surface area contributed by atoms with Crippen LogP contribution < -0.4 is 15.2 Å². The Balaban J connectivity index is 1.55. The van der Waals surface area contributed by atoms with E-state index in [1.807, 2.05) is 24.3 Å². The zero-order valence-electron chi connectivity index (χ0n) is 16.8. The van der Waals surface area contributed by atoms with Crippen LogP contribution in [0.2, 0.25) is 0 Å². The van der Waals surface area contributed by atoms with E-state index >= 15 is 0 Å². The summed E-state index contributed by atoms with van der Waals surface area (Å²) in [6.45, 7) is 0. The van der Waals surface area contributed by atoms with Crippen LogP contribution in [-0.2, 0) is 0 Å². The minimum absolute atomic E-state index is 0.0310. The third kappa shape index (κ3) is 3.50. The van der Waals surface area contributed by atoms with E-state index in [2.05, 4.69) is 16.3 Å². The Bertz CT molecular complexity index is 1170. The molecule has 2 aromatic carbocycles. The molecular weight excluding hydrogens is 395 g/mol. The van der Waals surface area contributed by atoms with Gasteiger partial charge in [-0.05, 0) is 67.6 Å². The molecule has 0 saturated heterocycles. The predicted octanol–water partition coefficient (Wildman–Crippen LogP) is 4.76. The maximum atomic E-state index is 13.4. The van der Waals surface area contributed by atoms with E-state index in [4.69, 9.17) is 15.2 Å². The van der Waals surface area contributed by atoms with Crippen LogP contribution in [-0.4, -0.2) is 16.3 Å². The van der Waals surface area contributed by atoms with E-state index in [9.17, 15) is 9.65 Å². The van der Waals surface area contributed by atoms with Gasteiger partial charge in [-0.3, -0.25) is 5.10 Å². The quantitative estimate of drug-likeness (QED) is 0.639. The van der Waals surface area contributed by atoms with Crippen molar-refractivity contribution < 1.29 is 13.9 Å². The lowest BCUT2D eigenvalue weighted by molar-refractivity contribution is 0.210. The van der Waals surface area contributed by atoms with Crippen LogP contribution in [0.25, 0.3) is 11.3 Å². The number of nitrogens with two attached hydrogens (primary N) is 1. The number of aromatic amines is 1. The summed E-state index contributed by atoms with van der Waals surface area (Å²) in [5.41, 5.74) is 9.31. The Morgan fingerprint density at radius 1 is 1.10 bits per heavy atom. The minimum Gasteiger partial charge on any atom is -0.490 e. The van der Waals surface area contributed by atoms with Gasteiger partial charge in [0, 0.05) is 5.56 Å². The van der Waals surface area contributed by atoms with Crippen molar-refractivity contribution in [3.63, 3.8) is 0 Å². The highest BCUT2D eigenvalue weighted by molar-refractivity contribution is 5.70. The van der Waals surface area contributed by atoms with E-state index in [0.717, 1.165) is 29.7 Å². The Morgan fingerprint density at radius 3 is 2.48 bits per heavy atom. The third-order valence-electron chi connectivity index (χ3n) is 5.89. The molecule has 1 aromatic heterocycles. The fraction of sp³-hybridized carbons (Fsp3) is 0.250. The topological polar surface area (TPSA) is 97.0 Å². The Morgan fingerprint density at radius 2 is 1.81 bits per heavy atom. The second-order valence-corrected chi connectivity index (χ2v) is 7.84. The van der Waals surface area contributed by atoms with Gasteiger partial charge in [0.15, 0.2) is 0 Å². The summed E-state index contributed by atoms with van der Waals surface area (Å²) in [7, 11) is 0. The van der Waals surface area contributed by atoms with E-state index in [1.54, 1.807) is 12.1 Å². The van der Waals surface area contributed by atoms with Gasteiger partial charge in [-0.2, -0.15) is 5.26 Å². The molecule has 0 unspecified atom stereocenters. The second kappa shape index (κ2) is 7.80. The van der Waals surface area contributed by atoms with Crippen LogP contribution in [0.15, 0.2) is 60.0 Å². The molecule has 31 heavy (non-hydrogen) atoms. The smallest absolute Gasteiger partial charge is 0.244 e. The first-order valence-corrected chi connectivity index (χ1v) is 10.3. The van der Waals surface area contributed by atoms with E-state index in [0.29, 0.717) is 22.7 Å². The SMILES string of the molecule is N#CC1=C(N)Oc2n[nH]c(-c3ccc(F)cc3)c2[C@@H]1c1ccc(OC2CCCC2)cc1. The van der Waals surface area contributed by atoms with Crippen LogP contribution in [0.4, 0.5) is 4.39 Å². The molecule has 5 rings (SSSR count). The molecule has 2 heterocycles. The molecule has 1 atom stereocenters. The molecule has 1 aliphatic heterocycles. The molecule has 0 radical (unpaired) electrons. The Hall–Kier alpha value is -3.79. The predicted molar refractivity (Wildman–Crippen MR) is 113 cm³/mol. The molecule has 1 aliphatic carbocycles. The van der Waals surface area contributed by atoms with E-state index < -0.39 is 5.92 Å². The number of benzene rings is 2. The zero-order chi connectivity index (χ0) is 21.4. The molecule has 7 heteroatoms. The molecular formula is C24H21FN4O2. The first-order valence-electron chi connectivity index (χ1n) is 10.3. The van der Waals surface area contributed by atoms with Crippen molar-refractivity contribution in [2.24, 2.45) is 5.73 Å². The van der Waals surface area contributed by atoms with Gasteiger partial charge in [-0.25, -0.2) is 4.39 Å². The standard InChI is InChI=1S/C24H21FN4O2/c25-16-9-5-15(6-10-16)22-21-20(19(13-26)23(27)31-24(21)29-28-22)14-7-11-18(12-8-14)30-17-3-1-2-4-17/h5-12,17,20H,1-4,27H2,(H,28,29)/t20-/m1/s1. The number of rotatable bonds is 4. The van der Waals surface area contributed by atoms with Crippen LogP contribution in [0.5, 0.6) is 11.6 Å². The maximum absolute atomic E-state index is 13.4. The number of hydrogen-bond donors (Lipinski definition) is 2. The summed E-state index contributed by atoms with van der Waals surface area (Å²) >= 11 is 0. The molecule has 1 saturated carbocycles. The van der Waals surface area contributed by atoms with Crippen LogP contribution >= 0.6 is 0 Å². The van der Waals surface area contributed by atoms with E-state index in [-0.39, 0.29) is 17.8 Å². The summed E-state index contributed by atoms with van der Waals surface area (Å²) < 4.78 is 25.1. The average molecular weight is 416 g/mol. The number of aromatic nitrogens is 2. The van der Waals surface area contributed by atoms with Gasteiger partial charge < -0.3 is 15.2 Å². The van der Waals surface area contributed by atoms with Crippen molar-refractivity contribution in [2.45, 2.75) is 37.7 Å².